The number of hydrogen-bond acceptors (Lipinski definition) is 3. The van der Waals surface area contributed by atoms with Crippen LogP contribution in [-0.4, -0.2) is 23.8 Å². The second-order valence-electron chi connectivity index (χ2n) is 9.29. The van der Waals surface area contributed by atoms with Crippen LogP contribution < -0.4 is 10.6 Å². The van der Waals surface area contributed by atoms with E-state index in [4.69, 9.17) is 4.99 Å². The van der Waals surface area contributed by atoms with Gasteiger partial charge in [0.2, 0.25) is 5.91 Å². The smallest absolute Gasteiger partial charge is 0.223 e. The van der Waals surface area contributed by atoms with Gasteiger partial charge in [-0.05, 0) is 68.4 Å². The number of amides is 1. The van der Waals surface area contributed by atoms with Crippen LogP contribution in [0.15, 0.2) is 64.9 Å². The highest BCUT2D eigenvalue weighted by atomic mass is 16.1. The number of carbonyl (C=O) groups is 1. The lowest BCUT2D eigenvalue weighted by Crippen LogP contribution is -2.45. The van der Waals surface area contributed by atoms with Crippen molar-refractivity contribution in [1.29, 1.82) is 0 Å². The molecule has 4 nitrogen and oxygen atoms in total. The minimum atomic E-state index is 0.0781. The van der Waals surface area contributed by atoms with Crippen molar-refractivity contribution in [1.82, 2.24) is 10.6 Å². The van der Waals surface area contributed by atoms with Gasteiger partial charge in [0.05, 0.1) is 12.1 Å². The van der Waals surface area contributed by atoms with Crippen LogP contribution in [0.4, 0.5) is 0 Å². The maximum atomic E-state index is 13.1. The Kier molecular flexibility index (Phi) is 6.71. The van der Waals surface area contributed by atoms with Gasteiger partial charge in [0, 0.05) is 11.6 Å². The first-order chi connectivity index (χ1) is 14.6. The van der Waals surface area contributed by atoms with Crippen LogP contribution in [0.2, 0.25) is 0 Å². The lowest BCUT2D eigenvalue weighted by Gasteiger charge is -2.31. The number of hydrogen-bond donors (Lipinski definition) is 2. The molecule has 1 heterocycles. The van der Waals surface area contributed by atoms with Gasteiger partial charge in [0.15, 0.2) is 0 Å². The third-order valence-electron chi connectivity index (χ3n) is 6.81. The third-order valence-corrected chi connectivity index (χ3v) is 6.81. The average molecular weight is 406 g/mol. The average Bonchev–Trinajstić information content (AvgIpc) is 3.16. The summed E-state index contributed by atoms with van der Waals surface area (Å²) in [5.41, 5.74) is 2.45. The van der Waals surface area contributed by atoms with E-state index in [0.717, 1.165) is 56.5 Å². The first-order valence-electron chi connectivity index (χ1n) is 11.7. The number of allylic oxidation sites excluding steroid dienone is 7. The maximum Gasteiger partial charge on any atom is 0.223 e. The Balaban J connectivity index is 1.40. The molecular weight excluding hydrogens is 370 g/mol. The molecule has 2 N–H and O–H groups in total. The molecule has 4 heteroatoms. The van der Waals surface area contributed by atoms with Gasteiger partial charge in [-0.2, -0.15) is 0 Å². The van der Waals surface area contributed by atoms with Crippen molar-refractivity contribution in [3.05, 3.63) is 59.9 Å². The van der Waals surface area contributed by atoms with Gasteiger partial charge in [0.1, 0.15) is 5.84 Å². The topological polar surface area (TPSA) is 53.5 Å². The molecule has 0 saturated heterocycles. The number of rotatable bonds is 3. The summed E-state index contributed by atoms with van der Waals surface area (Å²) in [5, 5.41) is 6.92. The molecule has 5 atom stereocenters. The minimum absolute atomic E-state index is 0.0781. The number of amidine groups is 1. The quantitative estimate of drug-likeness (QED) is 0.696. The number of carbonyl (C=O) groups excluding carboxylic acids is 1. The predicted molar refractivity (Wildman–Crippen MR) is 124 cm³/mol. The zero-order chi connectivity index (χ0) is 20.9. The second kappa shape index (κ2) is 9.63. The molecule has 3 aliphatic carbocycles. The number of nitrogens with one attached hydrogen (secondary N) is 2. The molecule has 1 amide bonds. The molecule has 30 heavy (non-hydrogen) atoms. The molecule has 0 aromatic carbocycles. The van der Waals surface area contributed by atoms with Crippen molar-refractivity contribution in [3.8, 4) is 0 Å². The molecule has 4 rings (SSSR count). The molecule has 4 aliphatic rings. The van der Waals surface area contributed by atoms with E-state index in [9.17, 15) is 4.79 Å². The first-order valence-corrected chi connectivity index (χ1v) is 11.7. The van der Waals surface area contributed by atoms with E-state index in [1.807, 2.05) is 0 Å². The van der Waals surface area contributed by atoms with E-state index in [-0.39, 0.29) is 23.9 Å². The van der Waals surface area contributed by atoms with Crippen LogP contribution in [0.25, 0.3) is 0 Å². The first kappa shape index (κ1) is 20.9. The van der Waals surface area contributed by atoms with E-state index in [0.29, 0.717) is 11.8 Å². The normalized spacial score (nSPS) is 33.7. The standard InChI is InChI=1S/C26H35N3O/c1-18-10-6-3-4-7-13-21(15-14-18)26(30)29-22-17-24-23(16-19(22)2)27-25(28-24)20-11-8-5-9-12-20/h3-6,8,10-11,17-19,21-23H,7,9,12-16H2,1-2H3,(H,27,28)(H,29,30). The van der Waals surface area contributed by atoms with Crippen molar-refractivity contribution in [3.63, 3.8) is 0 Å². The molecule has 0 aromatic heterocycles. The molecule has 1 aliphatic heterocycles. The fraction of sp³-hybridized carbons (Fsp3) is 0.538. The highest BCUT2D eigenvalue weighted by Crippen LogP contribution is 2.31. The van der Waals surface area contributed by atoms with Crippen LogP contribution in [0.1, 0.15) is 58.8 Å². The summed E-state index contributed by atoms with van der Waals surface area (Å²) < 4.78 is 0. The Labute approximate surface area is 181 Å². The Morgan fingerprint density at radius 3 is 2.80 bits per heavy atom. The predicted octanol–water partition coefficient (Wildman–Crippen LogP) is 4.98. The third kappa shape index (κ3) is 5.03. The molecule has 0 saturated carbocycles. The van der Waals surface area contributed by atoms with E-state index < -0.39 is 0 Å². The Morgan fingerprint density at radius 1 is 1.10 bits per heavy atom. The maximum absolute atomic E-state index is 13.1. The molecule has 160 valence electrons. The van der Waals surface area contributed by atoms with Crippen LogP contribution in [0.5, 0.6) is 0 Å². The van der Waals surface area contributed by atoms with Gasteiger partial charge in [-0.1, -0.05) is 56.4 Å². The lowest BCUT2D eigenvalue weighted by atomic mass is 9.85. The highest BCUT2D eigenvalue weighted by molar-refractivity contribution is 6.01. The molecule has 0 spiro atoms. The van der Waals surface area contributed by atoms with Gasteiger partial charge in [-0.15, -0.1) is 0 Å². The summed E-state index contributed by atoms with van der Waals surface area (Å²) in [5.74, 6) is 2.23. The molecule has 0 bridgehead atoms. The second-order valence-corrected chi connectivity index (χ2v) is 9.29. The van der Waals surface area contributed by atoms with Crippen molar-refractivity contribution in [2.45, 2.75) is 70.9 Å². The monoisotopic (exact) mass is 405 g/mol. The van der Waals surface area contributed by atoms with Crippen LogP contribution in [0.3, 0.4) is 0 Å². The van der Waals surface area contributed by atoms with E-state index >= 15 is 0 Å². The summed E-state index contributed by atoms with van der Waals surface area (Å²) in [6, 6.07) is 0.288. The fourth-order valence-corrected chi connectivity index (χ4v) is 4.79. The van der Waals surface area contributed by atoms with Crippen LogP contribution in [0, 0.1) is 17.8 Å². The zero-order valence-electron chi connectivity index (χ0n) is 18.3. The summed E-state index contributed by atoms with van der Waals surface area (Å²) in [4.78, 5) is 18.1. The fourth-order valence-electron chi connectivity index (χ4n) is 4.79. The zero-order valence-corrected chi connectivity index (χ0v) is 18.3. The molecule has 0 radical (unpaired) electrons. The van der Waals surface area contributed by atoms with Gasteiger partial charge < -0.3 is 10.6 Å². The van der Waals surface area contributed by atoms with Crippen molar-refractivity contribution in [2.75, 3.05) is 0 Å². The van der Waals surface area contributed by atoms with Crippen LogP contribution in [-0.2, 0) is 4.79 Å². The number of fused-ring (bicyclic) bond motifs is 1. The highest BCUT2D eigenvalue weighted by Gasteiger charge is 2.34. The van der Waals surface area contributed by atoms with E-state index in [2.05, 4.69) is 73.1 Å². The molecule has 0 fully saturated rings. The summed E-state index contributed by atoms with van der Waals surface area (Å²) in [6.45, 7) is 4.47. The Hall–Kier alpha value is -2.36. The minimum Gasteiger partial charge on any atom is -0.349 e. The lowest BCUT2D eigenvalue weighted by molar-refractivity contribution is -0.126. The van der Waals surface area contributed by atoms with E-state index in [1.165, 1.54) is 5.57 Å². The number of aliphatic imine (C=N–C) groups is 1. The van der Waals surface area contributed by atoms with E-state index in [1.54, 1.807) is 0 Å². The van der Waals surface area contributed by atoms with Crippen LogP contribution >= 0.6 is 0 Å². The van der Waals surface area contributed by atoms with Crippen molar-refractivity contribution >= 4 is 11.7 Å². The van der Waals surface area contributed by atoms with Gasteiger partial charge in [-0.3, -0.25) is 9.79 Å². The molecule has 0 aromatic rings. The van der Waals surface area contributed by atoms with Gasteiger partial charge in [0.25, 0.3) is 0 Å². The van der Waals surface area contributed by atoms with Gasteiger partial charge >= 0.3 is 0 Å². The van der Waals surface area contributed by atoms with Crippen molar-refractivity contribution < 1.29 is 4.79 Å². The largest absolute Gasteiger partial charge is 0.349 e. The summed E-state index contributed by atoms with van der Waals surface area (Å²) in [7, 11) is 0. The molecular formula is C26H35N3O. The van der Waals surface area contributed by atoms with Crippen molar-refractivity contribution in [2.24, 2.45) is 22.7 Å². The summed E-state index contributed by atoms with van der Waals surface area (Å²) >= 11 is 0. The number of nitrogens with zero attached hydrogens (tertiary/aromatic N) is 1. The SMILES string of the molecule is CC1C=CC=CCCC(C(=O)NC2C=C3NC(C4=CC=CCC4)=NC3CC2C)CC1. The molecule has 5 unspecified atom stereocenters. The summed E-state index contributed by atoms with van der Waals surface area (Å²) in [6.07, 6.45) is 24.4. The Morgan fingerprint density at radius 2 is 1.97 bits per heavy atom. The van der Waals surface area contributed by atoms with Gasteiger partial charge in [-0.25, -0.2) is 0 Å². The Bertz CT molecular complexity index is 829.